The van der Waals surface area contributed by atoms with Crippen LogP contribution in [0, 0.1) is 0 Å². The number of rotatable bonds is 3. The maximum Gasteiger partial charge on any atom is 0.0488 e. The Balaban J connectivity index is 2.94. The second-order valence-corrected chi connectivity index (χ2v) is 4.00. The summed E-state index contributed by atoms with van der Waals surface area (Å²) in [5, 5.41) is 10.3. The van der Waals surface area contributed by atoms with Crippen LogP contribution in [0.1, 0.15) is 18.1 Å². The molecule has 3 heteroatoms. The molecule has 13 heavy (non-hydrogen) atoms. The van der Waals surface area contributed by atoms with Gasteiger partial charge >= 0.3 is 0 Å². The Bertz CT molecular complexity index is 286. The van der Waals surface area contributed by atoms with Gasteiger partial charge in [-0.3, -0.25) is 0 Å². The molecule has 0 aromatic heterocycles. The summed E-state index contributed by atoms with van der Waals surface area (Å²) in [4.78, 5) is 0. The molecule has 0 fully saturated rings. The monoisotopic (exact) mass is 243 g/mol. The molecule has 2 nitrogen and oxygen atoms in total. The van der Waals surface area contributed by atoms with Gasteiger partial charge in [0.25, 0.3) is 0 Å². The van der Waals surface area contributed by atoms with Crippen LogP contribution in [0.15, 0.2) is 22.7 Å². The standard InChI is InChI=1S/C10H14BrNO/c1-3-8-4-5-10(11)6-9(8)7-12(2)13/h4-6,13H,3,7H2,1-2H3. The van der Waals surface area contributed by atoms with Crippen molar-refractivity contribution in [2.24, 2.45) is 0 Å². The van der Waals surface area contributed by atoms with Gasteiger partial charge in [0.15, 0.2) is 0 Å². The van der Waals surface area contributed by atoms with Gasteiger partial charge in [-0.05, 0) is 29.7 Å². The Morgan fingerprint density at radius 1 is 1.38 bits per heavy atom. The van der Waals surface area contributed by atoms with Crippen molar-refractivity contribution >= 4 is 15.9 Å². The highest BCUT2D eigenvalue weighted by atomic mass is 79.9. The van der Waals surface area contributed by atoms with Gasteiger partial charge < -0.3 is 5.21 Å². The van der Waals surface area contributed by atoms with Crippen LogP contribution >= 0.6 is 15.9 Å². The topological polar surface area (TPSA) is 23.5 Å². The molecule has 0 radical (unpaired) electrons. The van der Waals surface area contributed by atoms with Crippen molar-refractivity contribution < 1.29 is 5.21 Å². The van der Waals surface area contributed by atoms with Crippen molar-refractivity contribution in [2.45, 2.75) is 19.9 Å². The molecule has 0 bridgehead atoms. The Kier molecular flexibility index (Phi) is 3.90. The average Bonchev–Trinajstić information content (AvgIpc) is 2.03. The molecule has 72 valence electrons. The SMILES string of the molecule is CCc1ccc(Br)cc1CN(C)O. The van der Waals surface area contributed by atoms with Crippen molar-refractivity contribution in [3.05, 3.63) is 33.8 Å². The quantitative estimate of drug-likeness (QED) is 0.826. The number of aryl methyl sites for hydroxylation is 1. The number of hydrogen-bond acceptors (Lipinski definition) is 2. The predicted octanol–water partition coefficient (Wildman–Crippen LogP) is 2.83. The molecule has 0 heterocycles. The van der Waals surface area contributed by atoms with Crippen LogP contribution in [-0.4, -0.2) is 17.3 Å². The highest BCUT2D eigenvalue weighted by Gasteiger charge is 2.03. The van der Waals surface area contributed by atoms with Crippen LogP contribution in [0.5, 0.6) is 0 Å². The lowest BCUT2D eigenvalue weighted by Crippen LogP contribution is -2.13. The maximum atomic E-state index is 9.13. The summed E-state index contributed by atoms with van der Waals surface area (Å²) >= 11 is 3.42. The molecule has 0 aliphatic heterocycles. The lowest BCUT2D eigenvalue weighted by atomic mass is 10.1. The molecule has 0 unspecified atom stereocenters. The average molecular weight is 244 g/mol. The van der Waals surface area contributed by atoms with E-state index in [2.05, 4.69) is 28.9 Å². The zero-order chi connectivity index (χ0) is 9.84. The molecular weight excluding hydrogens is 230 g/mol. The second kappa shape index (κ2) is 4.74. The highest BCUT2D eigenvalue weighted by molar-refractivity contribution is 9.10. The van der Waals surface area contributed by atoms with Crippen LogP contribution in [0.3, 0.4) is 0 Å². The van der Waals surface area contributed by atoms with E-state index >= 15 is 0 Å². The summed E-state index contributed by atoms with van der Waals surface area (Å²) in [7, 11) is 1.65. The van der Waals surface area contributed by atoms with E-state index in [0.717, 1.165) is 10.9 Å². The van der Waals surface area contributed by atoms with Crippen LogP contribution in [0.25, 0.3) is 0 Å². The Morgan fingerprint density at radius 3 is 2.62 bits per heavy atom. The van der Waals surface area contributed by atoms with Gasteiger partial charge in [0.05, 0.1) is 0 Å². The molecule has 0 saturated heterocycles. The molecule has 0 aliphatic rings. The van der Waals surface area contributed by atoms with Crippen molar-refractivity contribution in [1.82, 2.24) is 5.06 Å². The minimum Gasteiger partial charge on any atom is -0.314 e. The number of hydrogen-bond donors (Lipinski definition) is 1. The summed E-state index contributed by atoms with van der Waals surface area (Å²) in [5.41, 5.74) is 2.45. The third-order valence-corrected chi connectivity index (χ3v) is 2.44. The lowest BCUT2D eigenvalue weighted by Gasteiger charge is -2.12. The largest absolute Gasteiger partial charge is 0.314 e. The summed E-state index contributed by atoms with van der Waals surface area (Å²) in [5.74, 6) is 0. The van der Waals surface area contributed by atoms with E-state index in [1.807, 2.05) is 12.1 Å². The number of nitrogens with zero attached hydrogens (tertiary/aromatic N) is 1. The normalized spacial score (nSPS) is 10.8. The molecule has 1 aromatic carbocycles. The van der Waals surface area contributed by atoms with Crippen molar-refractivity contribution in [1.29, 1.82) is 0 Å². The van der Waals surface area contributed by atoms with Crippen LogP contribution in [-0.2, 0) is 13.0 Å². The van der Waals surface area contributed by atoms with Gasteiger partial charge in [-0.1, -0.05) is 28.9 Å². The zero-order valence-corrected chi connectivity index (χ0v) is 9.50. The summed E-state index contributed by atoms with van der Waals surface area (Å²) in [6, 6.07) is 6.16. The lowest BCUT2D eigenvalue weighted by molar-refractivity contribution is -0.0733. The summed E-state index contributed by atoms with van der Waals surface area (Å²) in [6.45, 7) is 2.69. The van der Waals surface area contributed by atoms with Crippen LogP contribution in [0.4, 0.5) is 0 Å². The van der Waals surface area contributed by atoms with E-state index in [4.69, 9.17) is 5.21 Å². The summed E-state index contributed by atoms with van der Waals surface area (Å²) in [6.07, 6.45) is 0.996. The number of halogens is 1. The molecule has 0 spiro atoms. The first kappa shape index (κ1) is 10.7. The molecule has 1 rings (SSSR count). The van der Waals surface area contributed by atoms with Gasteiger partial charge in [-0.15, -0.1) is 0 Å². The smallest absolute Gasteiger partial charge is 0.0488 e. The van der Waals surface area contributed by atoms with E-state index in [0.29, 0.717) is 6.54 Å². The molecule has 0 atom stereocenters. The van der Waals surface area contributed by atoms with Crippen molar-refractivity contribution in [3.8, 4) is 0 Å². The third-order valence-electron chi connectivity index (χ3n) is 1.95. The fourth-order valence-electron chi connectivity index (χ4n) is 1.33. The maximum absolute atomic E-state index is 9.13. The Morgan fingerprint density at radius 2 is 2.08 bits per heavy atom. The molecular formula is C10H14BrNO. The van der Waals surface area contributed by atoms with E-state index < -0.39 is 0 Å². The first-order valence-corrected chi connectivity index (χ1v) is 5.10. The van der Waals surface area contributed by atoms with E-state index in [9.17, 15) is 0 Å². The van der Waals surface area contributed by atoms with Gasteiger partial charge in [-0.2, -0.15) is 5.06 Å². The fraction of sp³-hybridized carbons (Fsp3) is 0.400. The van der Waals surface area contributed by atoms with Gasteiger partial charge in [0.2, 0.25) is 0 Å². The molecule has 0 aliphatic carbocycles. The molecule has 0 amide bonds. The van der Waals surface area contributed by atoms with Crippen LogP contribution < -0.4 is 0 Å². The van der Waals surface area contributed by atoms with E-state index in [1.54, 1.807) is 7.05 Å². The first-order valence-electron chi connectivity index (χ1n) is 4.30. The minimum absolute atomic E-state index is 0.572. The van der Waals surface area contributed by atoms with E-state index in [1.165, 1.54) is 16.2 Å². The first-order chi connectivity index (χ1) is 6.13. The molecule has 1 N–H and O–H groups in total. The fourth-order valence-corrected chi connectivity index (χ4v) is 1.74. The molecule has 0 saturated carbocycles. The second-order valence-electron chi connectivity index (χ2n) is 3.08. The minimum atomic E-state index is 0.572. The van der Waals surface area contributed by atoms with Gasteiger partial charge in [-0.25, -0.2) is 0 Å². The summed E-state index contributed by atoms with van der Waals surface area (Å²) < 4.78 is 1.06. The van der Waals surface area contributed by atoms with Gasteiger partial charge in [0.1, 0.15) is 0 Å². The Hall–Kier alpha value is -0.380. The van der Waals surface area contributed by atoms with Crippen molar-refractivity contribution in [3.63, 3.8) is 0 Å². The predicted molar refractivity (Wildman–Crippen MR) is 56.8 cm³/mol. The zero-order valence-electron chi connectivity index (χ0n) is 7.92. The van der Waals surface area contributed by atoms with Gasteiger partial charge in [0, 0.05) is 18.1 Å². The highest BCUT2D eigenvalue weighted by Crippen LogP contribution is 2.18. The third kappa shape index (κ3) is 3.10. The van der Waals surface area contributed by atoms with Crippen LogP contribution in [0.2, 0.25) is 0 Å². The number of hydroxylamine groups is 2. The number of benzene rings is 1. The van der Waals surface area contributed by atoms with E-state index in [-0.39, 0.29) is 0 Å². The molecule has 1 aromatic rings. The Labute approximate surface area is 87.3 Å². The van der Waals surface area contributed by atoms with Crippen molar-refractivity contribution in [2.75, 3.05) is 7.05 Å².